The molecule has 0 aromatic heterocycles. The summed E-state index contributed by atoms with van der Waals surface area (Å²) in [7, 11) is 1.73. The normalized spacial score (nSPS) is 23.2. The van der Waals surface area contributed by atoms with E-state index in [0.29, 0.717) is 0 Å². The van der Waals surface area contributed by atoms with Crippen molar-refractivity contribution in [1.29, 1.82) is 0 Å². The van der Waals surface area contributed by atoms with Crippen molar-refractivity contribution in [2.24, 2.45) is 11.8 Å². The molecule has 0 aliphatic heterocycles. The summed E-state index contributed by atoms with van der Waals surface area (Å²) >= 11 is 3.51. The van der Waals surface area contributed by atoms with Gasteiger partial charge in [0.2, 0.25) is 0 Å². The van der Waals surface area contributed by atoms with Gasteiger partial charge in [-0.1, -0.05) is 35.7 Å². The fourth-order valence-corrected chi connectivity index (χ4v) is 3.43. The lowest BCUT2D eigenvalue weighted by Gasteiger charge is -2.27. The van der Waals surface area contributed by atoms with Crippen LogP contribution in [0.2, 0.25) is 0 Å². The number of hydrogen-bond acceptors (Lipinski definition) is 2. The van der Waals surface area contributed by atoms with Crippen LogP contribution in [0, 0.1) is 18.8 Å². The van der Waals surface area contributed by atoms with E-state index in [1.807, 2.05) is 6.07 Å². The Bertz CT molecular complexity index is 425. The Kier molecular flexibility index (Phi) is 5.14. The minimum absolute atomic E-state index is 0.809. The summed E-state index contributed by atoms with van der Waals surface area (Å²) < 4.78 is 6.54. The van der Waals surface area contributed by atoms with Gasteiger partial charge in [0.15, 0.2) is 0 Å². The van der Waals surface area contributed by atoms with Crippen LogP contribution in [0.25, 0.3) is 0 Å². The van der Waals surface area contributed by atoms with Crippen molar-refractivity contribution in [2.75, 3.05) is 19.0 Å². The maximum Gasteiger partial charge on any atom is 0.143 e. The minimum Gasteiger partial charge on any atom is -0.495 e. The molecule has 0 amide bonds. The maximum absolute atomic E-state index is 5.47. The third-order valence-electron chi connectivity index (χ3n) is 4.19. The largest absolute Gasteiger partial charge is 0.495 e. The van der Waals surface area contributed by atoms with Crippen LogP contribution in [0.3, 0.4) is 0 Å². The molecule has 0 radical (unpaired) electrons. The highest BCUT2D eigenvalue weighted by atomic mass is 79.9. The smallest absolute Gasteiger partial charge is 0.143 e. The first kappa shape index (κ1) is 14.7. The maximum atomic E-state index is 5.47. The number of methoxy groups -OCH3 is 1. The molecule has 0 spiro atoms. The zero-order valence-corrected chi connectivity index (χ0v) is 13.7. The predicted molar refractivity (Wildman–Crippen MR) is 85.0 cm³/mol. The van der Waals surface area contributed by atoms with Crippen LogP contribution >= 0.6 is 15.9 Å². The molecule has 1 N–H and O–H groups in total. The van der Waals surface area contributed by atoms with Crippen LogP contribution in [0.1, 0.15) is 38.2 Å². The third-order valence-corrected chi connectivity index (χ3v) is 4.64. The quantitative estimate of drug-likeness (QED) is 0.840. The number of nitrogens with one attached hydrogen (secondary N) is 1. The van der Waals surface area contributed by atoms with Crippen molar-refractivity contribution in [1.82, 2.24) is 0 Å². The van der Waals surface area contributed by atoms with E-state index >= 15 is 0 Å². The fraction of sp³-hybridized carbons (Fsp3) is 0.625. The van der Waals surface area contributed by atoms with E-state index in [0.717, 1.165) is 34.3 Å². The third kappa shape index (κ3) is 3.88. The first-order valence-corrected chi connectivity index (χ1v) is 7.97. The van der Waals surface area contributed by atoms with E-state index in [9.17, 15) is 0 Å². The van der Waals surface area contributed by atoms with Crippen molar-refractivity contribution < 1.29 is 4.74 Å². The Balaban J connectivity index is 1.99. The van der Waals surface area contributed by atoms with Crippen molar-refractivity contribution >= 4 is 21.6 Å². The Hall–Kier alpha value is -0.700. The molecular formula is C16H24BrNO. The molecule has 0 heterocycles. The predicted octanol–water partition coefficient (Wildman–Crippen LogP) is 5.00. The number of rotatable bonds is 4. The molecule has 1 fully saturated rings. The summed E-state index contributed by atoms with van der Waals surface area (Å²) in [5.74, 6) is 2.65. The molecule has 1 aliphatic carbocycles. The molecule has 2 rings (SSSR count). The molecule has 1 aromatic carbocycles. The molecular weight excluding hydrogens is 302 g/mol. The minimum atomic E-state index is 0.809. The number of aryl methyl sites for hydroxylation is 1. The lowest BCUT2D eigenvalue weighted by atomic mass is 9.83. The monoisotopic (exact) mass is 325 g/mol. The standard InChI is InChI=1S/C16H24BrNO/c1-11-4-6-13(7-5-11)10-18-16-12(2)8-14(17)9-15(16)19-3/h8-9,11,13,18H,4-7,10H2,1-3H3. The van der Waals surface area contributed by atoms with Gasteiger partial charge in [-0.25, -0.2) is 0 Å². The number of ether oxygens (including phenoxy) is 1. The molecule has 2 nitrogen and oxygen atoms in total. The summed E-state index contributed by atoms with van der Waals surface area (Å²) in [5.41, 5.74) is 2.37. The van der Waals surface area contributed by atoms with E-state index in [1.54, 1.807) is 7.11 Å². The van der Waals surface area contributed by atoms with Gasteiger partial charge < -0.3 is 10.1 Å². The van der Waals surface area contributed by atoms with Gasteiger partial charge in [0.1, 0.15) is 5.75 Å². The Morgan fingerprint density at radius 2 is 1.95 bits per heavy atom. The zero-order valence-electron chi connectivity index (χ0n) is 12.1. The molecule has 0 saturated heterocycles. The molecule has 19 heavy (non-hydrogen) atoms. The zero-order chi connectivity index (χ0) is 13.8. The second kappa shape index (κ2) is 6.65. The molecule has 1 aromatic rings. The van der Waals surface area contributed by atoms with Crippen molar-refractivity contribution in [3.8, 4) is 5.75 Å². The first-order valence-electron chi connectivity index (χ1n) is 7.18. The van der Waals surface area contributed by atoms with Gasteiger partial charge in [0.25, 0.3) is 0 Å². The van der Waals surface area contributed by atoms with Gasteiger partial charge in [0.05, 0.1) is 12.8 Å². The van der Waals surface area contributed by atoms with Crippen molar-refractivity contribution in [2.45, 2.75) is 39.5 Å². The fourth-order valence-electron chi connectivity index (χ4n) is 2.88. The van der Waals surface area contributed by atoms with Gasteiger partial charge in [-0.05, 0) is 49.3 Å². The van der Waals surface area contributed by atoms with Crippen LogP contribution in [-0.4, -0.2) is 13.7 Å². The number of halogens is 1. The summed E-state index contributed by atoms with van der Waals surface area (Å²) in [5, 5.41) is 3.60. The molecule has 3 heteroatoms. The van der Waals surface area contributed by atoms with Crippen LogP contribution in [0.5, 0.6) is 5.75 Å². The number of anilines is 1. The van der Waals surface area contributed by atoms with E-state index < -0.39 is 0 Å². The van der Waals surface area contributed by atoms with Gasteiger partial charge in [0, 0.05) is 11.0 Å². The highest BCUT2D eigenvalue weighted by Gasteiger charge is 2.18. The van der Waals surface area contributed by atoms with Gasteiger partial charge in [-0.2, -0.15) is 0 Å². The number of benzene rings is 1. The molecule has 106 valence electrons. The van der Waals surface area contributed by atoms with Crippen LogP contribution < -0.4 is 10.1 Å². The molecule has 1 saturated carbocycles. The van der Waals surface area contributed by atoms with E-state index in [4.69, 9.17) is 4.74 Å². The van der Waals surface area contributed by atoms with E-state index in [-0.39, 0.29) is 0 Å². The Labute approximate surface area is 125 Å². The van der Waals surface area contributed by atoms with E-state index in [1.165, 1.54) is 31.2 Å². The molecule has 0 atom stereocenters. The first-order chi connectivity index (χ1) is 9.10. The lowest BCUT2D eigenvalue weighted by molar-refractivity contribution is 0.300. The summed E-state index contributed by atoms with van der Waals surface area (Å²) in [6, 6.07) is 4.16. The van der Waals surface area contributed by atoms with Gasteiger partial charge in [-0.15, -0.1) is 0 Å². The Morgan fingerprint density at radius 1 is 1.26 bits per heavy atom. The second-order valence-electron chi connectivity index (χ2n) is 5.81. The average molecular weight is 326 g/mol. The highest BCUT2D eigenvalue weighted by Crippen LogP contribution is 2.34. The molecule has 0 bridgehead atoms. The summed E-state index contributed by atoms with van der Waals surface area (Å²) in [6.07, 6.45) is 5.46. The number of hydrogen-bond donors (Lipinski definition) is 1. The molecule has 0 unspecified atom stereocenters. The molecule has 1 aliphatic rings. The summed E-state index contributed by atoms with van der Waals surface area (Å²) in [6.45, 7) is 5.55. The highest BCUT2D eigenvalue weighted by molar-refractivity contribution is 9.10. The van der Waals surface area contributed by atoms with Crippen LogP contribution in [0.15, 0.2) is 16.6 Å². The topological polar surface area (TPSA) is 21.3 Å². The SMILES string of the molecule is COc1cc(Br)cc(C)c1NCC1CCC(C)CC1. The van der Waals surface area contributed by atoms with Crippen LogP contribution in [-0.2, 0) is 0 Å². The van der Waals surface area contributed by atoms with E-state index in [2.05, 4.69) is 41.2 Å². The van der Waals surface area contributed by atoms with Crippen LogP contribution in [0.4, 0.5) is 5.69 Å². The summed E-state index contributed by atoms with van der Waals surface area (Å²) in [4.78, 5) is 0. The van der Waals surface area contributed by atoms with Crippen molar-refractivity contribution in [3.63, 3.8) is 0 Å². The van der Waals surface area contributed by atoms with Gasteiger partial charge >= 0.3 is 0 Å². The average Bonchev–Trinajstić information content (AvgIpc) is 2.39. The van der Waals surface area contributed by atoms with Crippen molar-refractivity contribution in [3.05, 3.63) is 22.2 Å². The second-order valence-corrected chi connectivity index (χ2v) is 6.72. The van der Waals surface area contributed by atoms with Gasteiger partial charge in [-0.3, -0.25) is 0 Å². The lowest BCUT2D eigenvalue weighted by Crippen LogP contribution is -2.20. The Morgan fingerprint density at radius 3 is 2.58 bits per heavy atom.